The largest absolute Gasteiger partial charge is 0.347 e. The topological polar surface area (TPSA) is 92.6 Å². The zero-order chi connectivity index (χ0) is 14.6. The molecule has 0 fully saturated rings. The lowest BCUT2D eigenvalue weighted by Gasteiger charge is -2.11. The number of carbonyl (C=O) groups excluding carboxylic acids is 2. The molecule has 0 aliphatic heterocycles. The van der Waals surface area contributed by atoms with Gasteiger partial charge < -0.3 is 10.2 Å². The van der Waals surface area contributed by atoms with Gasteiger partial charge in [-0.05, 0) is 12.1 Å². The van der Waals surface area contributed by atoms with Gasteiger partial charge in [0.25, 0.3) is 11.6 Å². The molecule has 0 aliphatic carbocycles. The molecule has 0 atom stereocenters. The first-order valence-corrected chi connectivity index (χ1v) is 5.63. The Balaban J connectivity index is 2.88. The van der Waals surface area contributed by atoms with Gasteiger partial charge in [0.1, 0.15) is 5.56 Å². The molecule has 0 unspecified atom stereocenters. The van der Waals surface area contributed by atoms with Gasteiger partial charge in [-0.2, -0.15) is 0 Å². The van der Waals surface area contributed by atoms with E-state index in [1.807, 2.05) is 0 Å². The van der Waals surface area contributed by atoms with E-state index in [9.17, 15) is 19.7 Å². The molecular weight excluding hydrogens is 274 g/mol. The lowest BCUT2D eigenvalue weighted by atomic mass is 10.1. The highest BCUT2D eigenvalue weighted by atomic mass is 35.5. The number of halogens is 1. The minimum Gasteiger partial charge on any atom is -0.347 e. The van der Waals surface area contributed by atoms with Gasteiger partial charge in [-0.1, -0.05) is 11.6 Å². The predicted molar refractivity (Wildman–Crippen MR) is 69.1 cm³/mol. The summed E-state index contributed by atoms with van der Waals surface area (Å²) in [4.78, 5) is 34.5. The molecule has 19 heavy (non-hydrogen) atoms. The number of carbonyl (C=O) groups is 2. The van der Waals surface area contributed by atoms with Crippen molar-refractivity contribution in [2.75, 3.05) is 20.6 Å². The van der Waals surface area contributed by atoms with Gasteiger partial charge in [0, 0.05) is 25.2 Å². The fourth-order valence-corrected chi connectivity index (χ4v) is 1.42. The summed E-state index contributed by atoms with van der Waals surface area (Å²) in [6.45, 7) is -0.231. The highest BCUT2D eigenvalue weighted by Crippen LogP contribution is 2.22. The van der Waals surface area contributed by atoms with E-state index in [0.717, 1.165) is 6.07 Å². The number of hydrogen-bond acceptors (Lipinski definition) is 4. The molecule has 1 aromatic rings. The number of nitro benzene ring substituents is 1. The zero-order valence-electron chi connectivity index (χ0n) is 10.3. The van der Waals surface area contributed by atoms with Crippen molar-refractivity contribution in [3.63, 3.8) is 0 Å². The Morgan fingerprint density at radius 2 is 2.05 bits per heavy atom. The lowest BCUT2D eigenvalue weighted by Crippen LogP contribution is -2.36. The minimum atomic E-state index is -0.700. The second-order valence-corrected chi connectivity index (χ2v) is 4.33. The first kappa shape index (κ1) is 14.9. The van der Waals surface area contributed by atoms with Crippen LogP contribution in [0, 0.1) is 10.1 Å². The summed E-state index contributed by atoms with van der Waals surface area (Å²) in [7, 11) is 3.08. The second-order valence-electron chi connectivity index (χ2n) is 3.89. The summed E-state index contributed by atoms with van der Waals surface area (Å²) in [6.07, 6.45) is 0. The van der Waals surface area contributed by atoms with E-state index in [1.165, 1.54) is 17.0 Å². The summed E-state index contributed by atoms with van der Waals surface area (Å²) in [5.74, 6) is -1.01. The predicted octanol–water partition coefficient (Wildman–Crippen LogP) is 1.07. The Kier molecular flexibility index (Phi) is 4.82. The van der Waals surface area contributed by atoms with Crippen LogP contribution >= 0.6 is 11.6 Å². The normalized spacial score (nSPS) is 9.84. The molecule has 0 radical (unpaired) electrons. The van der Waals surface area contributed by atoms with E-state index in [2.05, 4.69) is 5.32 Å². The molecule has 0 aliphatic rings. The van der Waals surface area contributed by atoms with E-state index in [-0.39, 0.29) is 23.0 Å². The van der Waals surface area contributed by atoms with Gasteiger partial charge in [-0.25, -0.2) is 0 Å². The maximum absolute atomic E-state index is 11.8. The van der Waals surface area contributed by atoms with Crippen LogP contribution in [0.4, 0.5) is 5.69 Å². The molecule has 0 bridgehead atoms. The van der Waals surface area contributed by atoms with E-state index in [4.69, 9.17) is 11.6 Å². The van der Waals surface area contributed by atoms with Crippen LogP contribution in [0.25, 0.3) is 0 Å². The molecule has 0 heterocycles. The first-order valence-electron chi connectivity index (χ1n) is 5.25. The van der Waals surface area contributed by atoms with Crippen molar-refractivity contribution in [3.05, 3.63) is 38.9 Å². The van der Waals surface area contributed by atoms with Gasteiger partial charge in [-0.3, -0.25) is 19.7 Å². The molecule has 0 saturated carbocycles. The molecule has 1 N–H and O–H groups in total. The Morgan fingerprint density at radius 3 is 2.58 bits per heavy atom. The number of rotatable bonds is 4. The number of nitrogens with zero attached hydrogens (tertiary/aromatic N) is 2. The summed E-state index contributed by atoms with van der Waals surface area (Å²) in [5, 5.41) is 13.3. The number of benzene rings is 1. The third-order valence-corrected chi connectivity index (χ3v) is 2.54. The van der Waals surface area contributed by atoms with Gasteiger partial charge >= 0.3 is 0 Å². The maximum atomic E-state index is 11.8. The standard InChI is InChI=1S/C11H12ClN3O4/c1-14(2)10(16)6-13-11(17)8-4-3-7(12)5-9(8)15(18)19/h3-5H,6H2,1-2H3,(H,13,17). The number of hydrogen-bond donors (Lipinski definition) is 1. The summed E-state index contributed by atoms with van der Waals surface area (Å²) >= 11 is 5.64. The Labute approximate surface area is 114 Å². The Bertz CT molecular complexity index is 531. The molecular formula is C11H12ClN3O4. The van der Waals surface area contributed by atoms with E-state index < -0.39 is 16.5 Å². The summed E-state index contributed by atoms with van der Waals surface area (Å²) in [5.41, 5.74) is -0.539. The van der Waals surface area contributed by atoms with Crippen LogP contribution < -0.4 is 5.32 Å². The van der Waals surface area contributed by atoms with Gasteiger partial charge in [0.05, 0.1) is 11.5 Å². The highest BCUT2D eigenvalue weighted by Gasteiger charge is 2.21. The molecule has 0 spiro atoms. The average Bonchev–Trinajstić information content (AvgIpc) is 2.35. The Morgan fingerprint density at radius 1 is 1.42 bits per heavy atom. The fourth-order valence-electron chi connectivity index (χ4n) is 1.26. The van der Waals surface area contributed by atoms with E-state index in [0.29, 0.717) is 0 Å². The molecule has 2 amide bonds. The molecule has 7 nitrogen and oxygen atoms in total. The van der Waals surface area contributed by atoms with Crippen molar-refractivity contribution in [1.82, 2.24) is 10.2 Å². The van der Waals surface area contributed by atoms with Crippen LogP contribution in [0.2, 0.25) is 5.02 Å². The van der Waals surface area contributed by atoms with Crippen LogP contribution in [-0.4, -0.2) is 42.3 Å². The molecule has 1 rings (SSSR count). The highest BCUT2D eigenvalue weighted by molar-refractivity contribution is 6.31. The van der Waals surface area contributed by atoms with Crippen LogP contribution in [0.3, 0.4) is 0 Å². The third-order valence-electron chi connectivity index (χ3n) is 2.30. The zero-order valence-corrected chi connectivity index (χ0v) is 11.1. The quantitative estimate of drug-likeness (QED) is 0.661. The lowest BCUT2D eigenvalue weighted by molar-refractivity contribution is -0.385. The van der Waals surface area contributed by atoms with Crippen molar-refractivity contribution in [1.29, 1.82) is 0 Å². The van der Waals surface area contributed by atoms with Crippen molar-refractivity contribution < 1.29 is 14.5 Å². The van der Waals surface area contributed by atoms with Crippen molar-refractivity contribution >= 4 is 29.1 Å². The minimum absolute atomic E-state index is 0.138. The van der Waals surface area contributed by atoms with Crippen LogP contribution in [0.1, 0.15) is 10.4 Å². The molecule has 0 aromatic heterocycles. The number of nitro groups is 1. The molecule has 0 saturated heterocycles. The average molecular weight is 286 g/mol. The number of amides is 2. The maximum Gasteiger partial charge on any atom is 0.283 e. The first-order chi connectivity index (χ1) is 8.82. The van der Waals surface area contributed by atoms with Crippen molar-refractivity contribution in [2.24, 2.45) is 0 Å². The fraction of sp³-hybridized carbons (Fsp3) is 0.273. The summed E-state index contributed by atoms with van der Waals surface area (Å²) < 4.78 is 0. The molecule has 102 valence electrons. The number of likely N-dealkylation sites (N-methyl/N-ethyl adjacent to an activating group) is 1. The number of nitrogens with one attached hydrogen (secondary N) is 1. The van der Waals surface area contributed by atoms with Gasteiger partial charge in [0.2, 0.25) is 5.91 Å². The molecule has 1 aromatic carbocycles. The van der Waals surface area contributed by atoms with E-state index in [1.54, 1.807) is 14.1 Å². The third kappa shape index (κ3) is 3.92. The van der Waals surface area contributed by atoms with Crippen LogP contribution in [0.5, 0.6) is 0 Å². The SMILES string of the molecule is CN(C)C(=O)CNC(=O)c1ccc(Cl)cc1[N+](=O)[O-]. The van der Waals surface area contributed by atoms with Crippen LogP contribution in [0.15, 0.2) is 18.2 Å². The van der Waals surface area contributed by atoms with Gasteiger partial charge in [0.15, 0.2) is 0 Å². The van der Waals surface area contributed by atoms with Crippen molar-refractivity contribution in [2.45, 2.75) is 0 Å². The smallest absolute Gasteiger partial charge is 0.283 e. The monoisotopic (exact) mass is 285 g/mol. The van der Waals surface area contributed by atoms with E-state index >= 15 is 0 Å². The Hall–Kier alpha value is -2.15. The van der Waals surface area contributed by atoms with Crippen LogP contribution in [-0.2, 0) is 4.79 Å². The van der Waals surface area contributed by atoms with Crippen molar-refractivity contribution in [3.8, 4) is 0 Å². The summed E-state index contributed by atoms with van der Waals surface area (Å²) in [6, 6.07) is 3.71. The second kappa shape index (κ2) is 6.14. The van der Waals surface area contributed by atoms with Gasteiger partial charge in [-0.15, -0.1) is 0 Å². The molecule has 8 heteroatoms.